The zero-order valence-corrected chi connectivity index (χ0v) is 14.7. The topological polar surface area (TPSA) is 64.5 Å². The van der Waals surface area contributed by atoms with Crippen molar-refractivity contribution in [2.75, 3.05) is 32.9 Å². The van der Waals surface area contributed by atoms with Crippen molar-refractivity contribution in [1.29, 1.82) is 0 Å². The second-order valence-electron chi connectivity index (χ2n) is 7.73. The standard InChI is InChI=1S/C19H27N3O3/c23-18(17-1-7-24-8-2-17)22-5-3-19(4-6-22)10-15(13-25-19)9-16-11-20-14-21-12-16/h11-12,14-15,17H,1-10,13H2/t15-/m0/s1. The number of rotatable bonds is 3. The normalized spacial score (nSPS) is 26.9. The average molecular weight is 345 g/mol. The lowest BCUT2D eigenvalue weighted by Crippen LogP contribution is -2.48. The lowest BCUT2D eigenvalue weighted by molar-refractivity contribution is -0.143. The summed E-state index contributed by atoms with van der Waals surface area (Å²) in [5, 5.41) is 0. The smallest absolute Gasteiger partial charge is 0.225 e. The van der Waals surface area contributed by atoms with Crippen molar-refractivity contribution in [3.8, 4) is 0 Å². The Labute approximate surface area is 148 Å². The molecule has 0 N–H and O–H groups in total. The van der Waals surface area contributed by atoms with Crippen molar-refractivity contribution in [3.05, 3.63) is 24.3 Å². The molecule has 1 aromatic rings. The van der Waals surface area contributed by atoms with Gasteiger partial charge in [-0.15, -0.1) is 0 Å². The van der Waals surface area contributed by atoms with Gasteiger partial charge < -0.3 is 14.4 Å². The highest BCUT2D eigenvalue weighted by atomic mass is 16.5. The van der Waals surface area contributed by atoms with Crippen molar-refractivity contribution in [2.45, 2.75) is 44.1 Å². The SMILES string of the molecule is O=C(C1CCOCC1)N1CCC2(CC1)C[C@H](Cc1cncnc1)CO2. The molecule has 136 valence electrons. The van der Waals surface area contributed by atoms with Crippen LogP contribution in [0.25, 0.3) is 0 Å². The lowest BCUT2D eigenvalue weighted by Gasteiger charge is -2.40. The van der Waals surface area contributed by atoms with Gasteiger partial charge in [0.05, 0.1) is 12.2 Å². The van der Waals surface area contributed by atoms with Gasteiger partial charge in [-0.05, 0) is 50.0 Å². The summed E-state index contributed by atoms with van der Waals surface area (Å²) in [6.07, 6.45) is 11.1. The third kappa shape index (κ3) is 3.85. The molecular formula is C19H27N3O3. The Bertz CT molecular complexity index is 581. The Morgan fingerprint density at radius 2 is 1.92 bits per heavy atom. The van der Waals surface area contributed by atoms with E-state index in [1.165, 1.54) is 5.56 Å². The van der Waals surface area contributed by atoms with E-state index in [0.29, 0.717) is 11.8 Å². The number of piperidine rings is 1. The number of hydrogen-bond acceptors (Lipinski definition) is 5. The number of nitrogens with zero attached hydrogens (tertiary/aromatic N) is 3. The predicted molar refractivity (Wildman–Crippen MR) is 91.9 cm³/mol. The molecule has 0 bridgehead atoms. The van der Waals surface area contributed by atoms with Crippen LogP contribution < -0.4 is 0 Å². The molecule has 25 heavy (non-hydrogen) atoms. The highest BCUT2D eigenvalue weighted by Gasteiger charge is 2.43. The first kappa shape index (κ1) is 16.9. The number of carbonyl (C=O) groups is 1. The molecular weight excluding hydrogens is 318 g/mol. The van der Waals surface area contributed by atoms with E-state index in [4.69, 9.17) is 9.47 Å². The van der Waals surface area contributed by atoms with Gasteiger partial charge in [-0.3, -0.25) is 4.79 Å². The molecule has 1 aromatic heterocycles. The van der Waals surface area contributed by atoms with Crippen LogP contribution in [0.5, 0.6) is 0 Å². The summed E-state index contributed by atoms with van der Waals surface area (Å²) in [5.74, 6) is 1.02. The molecule has 0 unspecified atom stereocenters. The van der Waals surface area contributed by atoms with Gasteiger partial charge in [0.25, 0.3) is 0 Å². The van der Waals surface area contributed by atoms with E-state index >= 15 is 0 Å². The first-order chi connectivity index (χ1) is 12.2. The maximum atomic E-state index is 12.7. The third-order valence-electron chi connectivity index (χ3n) is 5.98. The highest BCUT2D eigenvalue weighted by Crippen LogP contribution is 2.40. The fourth-order valence-electron chi connectivity index (χ4n) is 4.52. The van der Waals surface area contributed by atoms with Gasteiger partial charge >= 0.3 is 0 Å². The Morgan fingerprint density at radius 1 is 1.20 bits per heavy atom. The van der Waals surface area contributed by atoms with Gasteiger partial charge in [0, 0.05) is 44.6 Å². The second kappa shape index (κ2) is 7.38. The Kier molecular flexibility index (Phi) is 4.99. The van der Waals surface area contributed by atoms with Gasteiger partial charge in [0.15, 0.2) is 0 Å². The summed E-state index contributed by atoms with van der Waals surface area (Å²) in [5.41, 5.74) is 1.16. The summed E-state index contributed by atoms with van der Waals surface area (Å²) in [6.45, 7) is 3.92. The number of aromatic nitrogens is 2. The molecule has 4 rings (SSSR count). The number of amides is 1. The van der Waals surface area contributed by atoms with Crippen LogP contribution in [-0.4, -0.2) is 59.3 Å². The third-order valence-corrected chi connectivity index (χ3v) is 5.98. The number of likely N-dealkylation sites (tertiary alicyclic amines) is 1. The minimum Gasteiger partial charge on any atom is -0.381 e. The average Bonchev–Trinajstić information content (AvgIpc) is 3.05. The minimum absolute atomic E-state index is 0.0211. The van der Waals surface area contributed by atoms with E-state index in [9.17, 15) is 4.79 Å². The van der Waals surface area contributed by atoms with Crippen molar-refractivity contribution in [1.82, 2.24) is 14.9 Å². The summed E-state index contributed by atoms with van der Waals surface area (Å²) < 4.78 is 11.6. The van der Waals surface area contributed by atoms with Gasteiger partial charge in [-0.25, -0.2) is 9.97 Å². The summed E-state index contributed by atoms with van der Waals surface area (Å²) in [7, 11) is 0. The van der Waals surface area contributed by atoms with E-state index in [1.54, 1.807) is 6.33 Å². The van der Waals surface area contributed by atoms with E-state index < -0.39 is 0 Å². The Hall–Kier alpha value is -1.53. The molecule has 0 saturated carbocycles. The molecule has 3 fully saturated rings. The minimum atomic E-state index is -0.0211. The monoisotopic (exact) mass is 345 g/mol. The van der Waals surface area contributed by atoms with Crippen LogP contribution in [0.1, 0.15) is 37.7 Å². The predicted octanol–water partition coefficient (Wildman–Crippen LogP) is 1.84. The molecule has 1 atom stereocenters. The number of hydrogen-bond donors (Lipinski definition) is 0. The molecule has 4 heterocycles. The van der Waals surface area contributed by atoms with Crippen LogP contribution in [0, 0.1) is 11.8 Å². The van der Waals surface area contributed by atoms with Crippen LogP contribution in [0.15, 0.2) is 18.7 Å². The lowest BCUT2D eigenvalue weighted by atomic mass is 9.83. The van der Waals surface area contributed by atoms with Crippen molar-refractivity contribution in [3.63, 3.8) is 0 Å². The first-order valence-corrected chi connectivity index (χ1v) is 9.48. The molecule has 3 aliphatic heterocycles. The molecule has 6 heteroatoms. The zero-order chi connectivity index (χ0) is 17.1. The van der Waals surface area contributed by atoms with Crippen molar-refractivity contribution >= 4 is 5.91 Å². The Morgan fingerprint density at radius 3 is 2.64 bits per heavy atom. The number of carbonyl (C=O) groups excluding carboxylic acids is 1. The van der Waals surface area contributed by atoms with Crippen LogP contribution >= 0.6 is 0 Å². The van der Waals surface area contributed by atoms with Crippen molar-refractivity contribution < 1.29 is 14.3 Å². The van der Waals surface area contributed by atoms with Crippen LogP contribution in [0.4, 0.5) is 0 Å². The van der Waals surface area contributed by atoms with Crippen molar-refractivity contribution in [2.24, 2.45) is 11.8 Å². The zero-order valence-electron chi connectivity index (χ0n) is 14.7. The quantitative estimate of drug-likeness (QED) is 0.836. The molecule has 6 nitrogen and oxygen atoms in total. The van der Waals surface area contributed by atoms with E-state index in [0.717, 1.165) is 71.4 Å². The van der Waals surface area contributed by atoms with E-state index in [1.807, 2.05) is 12.4 Å². The van der Waals surface area contributed by atoms with Gasteiger partial charge in [0.2, 0.25) is 5.91 Å². The van der Waals surface area contributed by atoms with Crippen LogP contribution in [0.2, 0.25) is 0 Å². The molecule has 3 saturated heterocycles. The fraction of sp³-hybridized carbons (Fsp3) is 0.737. The summed E-state index contributed by atoms with van der Waals surface area (Å²) in [6, 6.07) is 0. The molecule has 1 spiro atoms. The largest absolute Gasteiger partial charge is 0.381 e. The van der Waals surface area contributed by atoms with Crippen LogP contribution in [0.3, 0.4) is 0 Å². The van der Waals surface area contributed by atoms with Crippen LogP contribution in [-0.2, 0) is 20.7 Å². The maximum absolute atomic E-state index is 12.7. The second-order valence-corrected chi connectivity index (χ2v) is 7.73. The van der Waals surface area contributed by atoms with E-state index in [2.05, 4.69) is 14.9 Å². The number of ether oxygens (including phenoxy) is 2. The Balaban J connectivity index is 1.29. The molecule has 0 aromatic carbocycles. The molecule has 0 aliphatic carbocycles. The van der Waals surface area contributed by atoms with Gasteiger partial charge in [-0.2, -0.15) is 0 Å². The molecule has 3 aliphatic rings. The fourth-order valence-corrected chi connectivity index (χ4v) is 4.52. The van der Waals surface area contributed by atoms with Gasteiger partial charge in [-0.1, -0.05) is 0 Å². The van der Waals surface area contributed by atoms with Gasteiger partial charge in [0.1, 0.15) is 6.33 Å². The molecule has 0 radical (unpaired) electrons. The summed E-state index contributed by atoms with van der Waals surface area (Å²) >= 11 is 0. The van der Waals surface area contributed by atoms with E-state index in [-0.39, 0.29) is 11.5 Å². The maximum Gasteiger partial charge on any atom is 0.225 e. The highest BCUT2D eigenvalue weighted by molar-refractivity contribution is 5.79. The molecule has 1 amide bonds. The first-order valence-electron chi connectivity index (χ1n) is 9.48. The summed E-state index contributed by atoms with van der Waals surface area (Å²) in [4.78, 5) is 22.9.